The molecular weight excluding hydrogens is 402 g/mol. The highest BCUT2D eigenvalue weighted by Gasteiger charge is 2.18. The number of rotatable bonds is 10. The molecule has 7 nitrogen and oxygen atoms in total. The Hall–Kier alpha value is -2.00. The summed E-state index contributed by atoms with van der Waals surface area (Å²) in [6, 6.07) is 6.05. The van der Waals surface area contributed by atoms with Gasteiger partial charge in [-0.2, -0.15) is 0 Å². The minimum Gasteiger partial charge on any atom is -0.486 e. The van der Waals surface area contributed by atoms with Gasteiger partial charge in [-0.3, -0.25) is 9.69 Å². The number of methoxy groups -OCH3 is 1. The van der Waals surface area contributed by atoms with Crippen LogP contribution in [0.25, 0.3) is 0 Å². The third-order valence-electron chi connectivity index (χ3n) is 5.27. The second kappa shape index (κ2) is 11.4. The number of hydrogen-bond donors (Lipinski definition) is 0. The highest BCUT2D eigenvalue weighted by molar-refractivity contribution is 7.09. The zero-order chi connectivity index (χ0) is 21.3. The van der Waals surface area contributed by atoms with Gasteiger partial charge in [0, 0.05) is 38.7 Å². The zero-order valence-electron chi connectivity index (χ0n) is 18.1. The largest absolute Gasteiger partial charge is 0.486 e. The first-order valence-electron chi connectivity index (χ1n) is 10.3. The summed E-state index contributed by atoms with van der Waals surface area (Å²) in [5, 5.41) is 2.90. The van der Waals surface area contributed by atoms with E-state index in [2.05, 4.69) is 29.8 Å². The van der Waals surface area contributed by atoms with Crippen LogP contribution in [0.15, 0.2) is 23.6 Å². The van der Waals surface area contributed by atoms with Crippen molar-refractivity contribution >= 4 is 17.2 Å². The molecule has 1 aromatic heterocycles. The molecule has 0 saturated carbocycles. The monoisotopic (exact) mass is 433 g/mol. The van der Waals surface area contributed by atoms with E-state index in [4.69, 9.17) is 14.2 Å². The van der Waals surface area contributed by atoms with E-state index in [1.54, 1.807) is 18.4 Å². The van der Waals surface area contributed by atoms with E-state index in [1.165, 1.54) is 5.56 Å². The lowest BCUT2D eigenvalue weighted by molar-refractivity contribution is -0.136. The Morgan fingerprint density at radius 2 is 2.10 bits per heavy atom. The van der Waals surface area contributed by atoms with E-state index < -0.39 is 0 Å². The highest BCUT2D eigenvalue weighted by atomic mass is 32.1. The molecule has 164 valence electrons. The van der Waals surface area contributed by atoms with E-state index in [-0.39, 0.29) is 12.5 Å². The van der Waals surface area contributed by atoms with Crippen molar-refractivity contribution < 1.29 is 19.0 Å². The maximum absolute atomic E-state index is 12.5. The third kappa shape index (κ3) is 6.50. The van der Waals surface area contributed by atoms with Gasteiger partial charge < -0.3 is 19.1 Å². The smallest absolute Gasteiger partial charge is 0.248 e. The van der Waals surface area contributed by atoms with Gasteiger partial charge in [0.15, 0.2) is 0 Å². The van der Waals surface area contributed by atoms with Crippen molar-refractivity contribution in [2.45, 2.75) is 27.0 Å². The highest BCUT2D eigenvalue weighted by Crippen LogP contribution is 2.22. The van der Waals surface area contributed by atoms with Crippen LogP contribution in [0.2, 0.25) is 0 Å². The molecule has 1 aliphatic heterocycles. The van der Waals surface area contributed by atoms with Crippen molar-refractivity contribution in [1.82, 2.24) is 14.8 Å². The number of amides is 1. The molecule has 2 heterocycles. The lowest BCUT2D eigenvalue weighted by atomic mass is 10.1. The first-order valence-corrected chi connectivity index (χ1v) is 11.1. The van der Waals surface area contributed by atoms with Crippen molar-refractivity contribution in [3.05, 3.63) is 45.4 Å². The summed E-state index contributed by atoms with van der Waals surface area (Å²) in [4.78, 5) is 21.3. The van der Waals surface area contributed by atoms with Crippen molar-refractivity contribution in [3.63, 3.8) is 0 Å². The summed E-state index contributed by atoms with van der Waals surface area (Å²) in [6.07, 6.45) is 0. The summed E-state index contributed by atoms with van der Waals surface area (Å²) in [5.74, 6) is 0.862. The van der Waals surface area contributed by atoms with E-state index in [1.807, 2.05) is 22.4 Å². The molecule has 0 bridgehead atoms. The van der Waals surface area contributed by atoms with Gasteiger partial charge in [-0.1, -0.05) is 12.1 Å². The van der Waals surface area contributed by atoms with Gasteiger partial charge in [0.25, 0.3) is 0 Å². The molecule has 0 N–H and O–H groups in total. The standard InChI is InChI=1S/C22H31N3O4S/c1-17-5-4-6-20(18(17)2)29-14-21-23-19(16-30-21)13-25(22(26)15-27-3)8-7-24-9-11-28-12-10-24/h4-6,16H,7-15H2,1-3H3. The second-order valence-corrected chi connectivity index (χ2v) is 8.36. The molecule has 8 heteroatoms. The maximum atomic E-state index is 12.5. The summed E-state index contributed by atoms with van der Waals surface area (Å²) in [7, 11) is 1.55. The molecule has 30 heavy (non-hydrogen) atoms. The fourth-order valence-electron chi connectivity index (χ4n) is 3.30. The lowest BCUT2D eigenvalue weighted by Crippen LogP contribution is -2.43. The second-order valence-electron chi connectivity index (χ2n) is 7.42. The molecule has 2 aromatic rings. The van der Waals surface area contributed by atoms with Crippen LogP contribution in [0.1, 0.15) is 21.8 Å². The Morgan fingerprint density at radius 3 is 2.87 bits per heavy atom. The normalized spacial score (nSPS) is 14.6. The Balaban J connectivity index is 1.56. The number of nitrogens with zero attached hydrogens (tertiary/aromatic N) is 3. The van der Waals surface area contributed by atoms with Gasteiger partial charge in [-0.25, -0.2) is 4.98 Å². The predicted octanol–water partition coefficient (Wildman–Crippen LogP) is 2.65. The van der Waals surface area contributed by atoms with Gasteiger partial charge in [0.05, 0.1) is 25.5 Å². The zero-order valence-corrected chi connectivity index (χ0v) is 18.9. The van der Waals surface area contributed by atoms with E-state index in [0.29, 0.717) is 19.7 Å². The van der Waals surface area contributed by atoms with E-state index in [9.17, 15) is 4.79 Å². The molecule has 1 saturated heterocycles. The van der Waals surface area contributed by atoms with Crippen molar-refractivity contribution in [1.29, 1.82) is 0 Å². The first kappa shape index (κ1) is 22.7. The molecule has 1 fully saturated rings. The Kier molecular flexibility index (Phi) is 8.62. The molecule has 1 amide bonds. The number of thiazole rings is 1. The number of carbonyl (C=O) groups excluding carboxylic acids is 1. The number of aryl methyl sites for hydroxylation is 1. The lowest BCUT2D eigenvalue weighted by Gasteiger charge is -2.29. The number of ether oxygens (including phenoxy) is 3. The SMILES string of the molecule is COCC(=O)N(CCN1CCOCC1)Cc1csc(COc2cccc(C)c2C)n1. The minimum atomic E-state index is -0.0213. The molecule has 0 unspecified atom stereocenters. The fourth-order valence-corrected chi connectivity index (χ4v) is 3.99. The van der Waals surface area contributed by atoms with Crippen molar-refractivity contribution in [3.8, 4) is 5.75 Å². The summed E-state index contributed by atoms with van der Waals surface area (Å²) in [6.45, 7) is 9.91. The fraction of sp³-hybridized carbons (Fsp3) is 0.545. The van der Waals surface area contributed by atoms with Crippen LogP contribution < -0.4 is 4.74 Å². The molecule has 0 spiro atoms. The topological polar surface area (TPSA) is 64.1 Å². The van der Waals surface area contributed by atoms with Gasteiger partial charge in [-0.05, 0) is 31.0 Å². The van der Waals surface area contributed by atoms with Crippen LogP contribution in [-0.4, -0.2) is 73.8 Å². The van der Waals surface area contributed by atoms with E-state index in [0.717, 1.165) is 54.9 Å². The summed E-state index contributed by atoms with van der Waals surface area (Å²) < 4.78 is 16.4. The Labute approximate surface area is 182 Å². The van der Waals surface area contributed by atoms with Crippen LogP contribution in [0.4, 0.5) is 0 Å². The Morgan fingerprint density at radius 1 is 1.30 bits per heavy atom. The van der Waals surface area contributed by atoms with Crippen molar-refractivity contribution in [2.75, 3.05) is 53.1 Å². The number of hydrogen-bond acceptors (Lipinski definition) is 7. The molecule has 1 aromatic carbocycles. The summed E-state index contributed by atoms with van der Waals surface area (Å²) in [5.41, 5.74) is 3.24. The quantitative estimate of drug-likeness (QED) is 0.574. The maximum Gasteiger partial charge on any atom is 0.248 e. The molecule has 3 rings (SSSR count). The van der Waals surface area contributed by atoms with Crippen LogP contribution in [0.5, 0.6) is 5.75 Å². The van der Waals surface area contributed by atoms with Crippen LogP contribution in [-0.2, 0) is 27.4 Å². The van der Waals surface area contributed by atoms with Gasteiger partial charge >= 0.3 is 0 Å². The molecule has 1 aliphatic rings. The average Bonchev–Trinajstić information content (AvgIpc) is 3.20. The van der Waals surface area contributed by atoms with E-state index >= 15 is 0 Å². The van der Waals surface area contributed by atoms with Crippen LogP contribution in [0, 0.1) is 13.8 Å². The number of benzene rings is 1. The number of aromatic nitrogens is 1. The minimum absolute atomic E-state index is 0.0213. The van der Waals surface area contributed by atoms with Gasteiger partial charge in [0.1, 0.15) is 24.0 Å². The molecule has 0 aliphatic carbocycles. The molecular formula is C22H31N3O4S. The average molecular weight is 434 g/mol. The number of carbonyl (C=O) groups is 1. The third-order valence-corrected chi connectivity index (χ3v) is 6.14. The molecule has 0 radical (unpaired) electrons. The molecule has 0 atom stereocenters. The van der Waals surface area contributed by atoms with Gasteiger partial charge in [-0.15, -0.1) is 11.3 Å². The Bertz CT molecular complexity index is 820. The van der Waals surface area contributed by atoms with Crippen LogP contribution in [0.3, 0.4) is 0 Å². The van der Waals surface area contributed by atoms with Gasteiger partial charge in [0.2, 0.25) is 5.91 Å². The number of morpholine rings is 1. The summed E-state index contributed by atoms with van der Waals surface area (Å²) >= 11 is 1.56. The first-order chi connectivity index (χ1) is 14.6. The predicted molar refractivity (Wildman–Crippen MR) is 117 cm³/mol. The van der Waals surface area contributed by atoms with Crippen molar-refractivity contribution in [2.24, 2.45) is 0 Å². The van der Waals surface area contributed by atoms with Crippen LogP contribution >= 0.6 is 11.3 Å².